The minimum atomic E-state index is -0.621. The smallest absolute Gasteiger partial charge is 0.338 e. The number of aromatic nitrogens is 1. The molecule has 0 spiro atoms. The Hall–Kier alpha value is -2.94. The molecule has 1 aliphatic heterocycles. The second-order valence-electron chi connectivity index (χ2n) is 7.66. The zero-order valence-corrected chi connectivity index (χ0v) is 18.7. The Bertz CT molecular complexity index is 917. The van der Waals surface area contributed by atoms with Crippen LogP contribution in [-0.2, 0) is 14.3 Å². The first-order chi connectivity index (χ1) is 14.8. The molecule has 1 aliphatic rings. The van der Waals surface area contributed by atoms with E-state index in [4.69, 9.17) is 9.47 Å². The van der Waals surface area contributed by atoms with Gasteiger partial charge < -0.3 is 14.4 Å². The number of anilines is 1. The number of benzene rings is 1. The topological polar surface area (TPSA) is 97.8 Å². The lowest BCUT2D eigenvalue weighted by Crippen LogP contribution is -2.49. The number of carbonyl (C=O) groups excluding carboxylic acids is 3. The van der Waals surface area contributed by atoms with E-state index in [9.17, 15) is 14.4 Å². The highest BCUT2D eigenvalue weighted by Gasteiger charge is 2.29. The van der Waals surface area contributed by atoms with Crippen molar-refractivity contribution in [1.82, 2.24) is 9.88 Å². The third-order valence-corrected chi connectivity index (χ3v) is 6.01. The molecule has 3 rings (SSSR count). The van der Waals surface area contributed by atoms with Gasteiger partial charge in [-0.2, -0.15) is 0 Å². The maximum Gasteiger partial charge on any atom is 0.338 e. The monoisotopic (exact) mass is 445 g/mol. The Morgan fingerprint density at radius 3 is 2.42 bits per heavy atom. The number of amides is 2. The van der Waals surface area contributed by atoms with E-state index >= 15 is 0 Å². The molecule has 2 heterocycles. The summed E-state index contributed by atoms with van der Waals surface area (Å²) in [5, 5.41) is 4.85. The number of hydrogen-bond donors (Lipinski definition) is 1. The van der Waals surface area contributed by atoms with Crippen LogP contribution < -0.4 is 10.1 Å². The Balaban J connectivity index is 1.45. The molecular weight excluding hydrogens is 418 g/mol. The SMILES string of the molecule is Cc1csc(NC(=O)COC(=O)c2ccc(OCC(=O)N3C(C)CCCC3C)cc2)n1. The molecule has 8 nitrogen and oxygen atoms in total. The maximum absolute atomic E-state index is 12.5. The lowest BCUT2D eigenvalue weighted by atomic mass is 9.97. The molecule has 31 heavy (non-hydrogen) atoms. The largest absolute Gasteiger partial charge is 0.484 e. The molecule has 9 heteroatoms. The third-order valence-electron chi connectivity index (χ3n) is 5.13. The van der Waals surface area contributed by atoms with Crippen LogP contribution in [0, 0.1) is 6.92 Å². The number of thiazole rings is 1. The molecule has 1 fully saturated rings. The first-order valence-corrected chi connectivity index (χ1v) is 11.1. The van der Waals surface area contributed by atoms with E-state index in [0.717, 1.165) is 25.0 Å². The Labute approximate surface area is 185 Å². The van der Waals surface area contributed by atoms with E-state index in [1.54, 1.807) is 12.1 Å². The van der Waals surface area contributed by atoms with Gasteiger partial charge in [0.1, 0.15) is 5.75 Å². The quantitative estimate of drug-likeness (QED) is 0.656. The summed E-state index contributed by atoms with van der Waals surface area (Å²) in [6.07, 6.45) is 3.15. The summed E-state index contributed by atoms with van der Waals surface area (Å²) in [6.45, 7) is 5.49. The highest BCUT2D eigenvalue weighted by Crippen LogP contribution is 2.23. The van der Waals surface area contributed by atoms with Crippen molar-refractivity contribution in [2.75, 3.05) is 18.5 Å². The third kappa shape index (κ3) is 6.27. The van der Waals surface area contributed by atoms with Gasteiger partial charge in [-0.1, -0.05) is 0 Å². The minimum absolute atomic E-state index is 0.0374. The molecule has 166 valence electrons. The molecule has 2 unspecified atom stereocenters. The summed E-state index contributed by atoms with van der Waals surface area (Å²) in [7, 11) is 0. The zero-order valence-electron chi connectivity index (χ0n) is 17.9. The van der Waals surface area contributed by atoms with Gasteiger partial charge in [0.05, 0.1) is 11.3 Å². The number of piperidine rings is 1. The summed E-state index contributed by atoms with van der Waals surface area (Å²) < 4.78 is 10.6. The van der Waals surface area contributed by atoms with E-state index in [2.05, 4.69) is 24.1 Å². The minimum Gasteiger partial charge on any atom is -0.484 e. The van der Waals surface area contributed by atoms with Crippen LogP contribution in [0.25, 0.3) is 0 Å². The molecule has 1 saturated heterocycles. The van der Waals surface area contributed by atoms with Crippen molar-refractivity contribution in [3.8, 4) is 5.75 Å². The number of aryl methyl sites for hydroxylation is 1. The average Bonchev–Trinajstić information content (AvgIpc) is 3.15. The predicted octanol–water partition coefficient (Wildman–Crippen LogP) is 3.42. The number of nitrogens with one attached hydrogen (secondary N) is 1. The van der Waals surface area contributed by atoms with Gasteiger partial charge in [0, 0.05) is 17.5 Å². The fourth-order valence-corrected chi connectivity index (χ4v) is 4.31. The van der Waals surface area contributed by atoms with Crippen LogP contribution in [0.4, 0.5) is 5.13 Å². The van der Waals surface area contributed by atoms with Crippen LogP contribution in [0.15, 0.2) is 29.6 Å². The molecule has 0 radical (unpaired) electrons. The van der Waals surface area contributed by atoms with Gasteiger partial charge in [0.25, 0.3) is 11.8 Å². The van der Waals surface area contributed by atoms with Crippen molar-refractivity contribution in [2.24, 2.45) is 0 Å². The summed E-state index contributed by atoms with van der Waals surface area (Å²) in [5.74, 6) is -0.630. The Kier molecular flexibility index (Phi) is 7.62. The van der Waals surface area contributed by atoms with Gasteiger partial charge in [0.2, 0.25) is 0 Å². The summed E-state index contributed by atoms with van der Waals surface area (Å²) >= 11 is 1.30. The lowest BCUT2D eigenvalue weighted by Gasteiger charge is -2.38. The number of nitrogens with zero attached hydrogens (tertiary/aromatic N) is 2. The van der Waals surface area contributed by atoms with E-state index < -0.39 is 18.5 Å². The van der Waals surface area contributed by atoms with Crippen LogP contribution >= 0.6 is 11.3 Å². The van der Waals surface area contributed by atoms with Crippen molar-refractivity contribution in [3.05, 3.63) is 40.9 Å². The summed E-state index contributed by atoms with van der Waals surface area (Å²) in [5.41, 5.74) is 1.09. The summed E-state index contributed by atoms with van der Waals surface area (Å²) in [4.78, 5) is 42.6. The predicted molar refractivity (Wildman–Crippen MR) is 117 cm³/mol. The molecule has 1 N–H and O–H groups in total. The Morgan fingerprint density at radius 1 is 1.13 bits per heavy atom. The Morgan fingerprint density at radius 2 is 1.81 bits per heavy atom. The fourth-order valence-electron chi connectivity index (χ4n) is 3.60. The van der Waals surface area contributed by atoms with E-state index in [0.29, 0.717) is 10.9 Å². The molecule has 1 aromatic carbocycles. The molecule has 2 aromatic rings. The normalized spacial score (nSPS) is 18.4. The first kappa shape index (κ1) is 22.7. The van der Waals surface area contributed by atoms with E-state index in [1.807, 2.05) is 17.2 Å². The van der Waals surface area contributed by atoms with Gasteiger partial charge in [0.15, 0.2) is 18.3 Å². The highest BCUT2D eigenvalue weighted by molar-refractivity contribution is 7.13. The lowest BCUT2D eigenvalue weighted by molar-refractivity contribution is -0.139. The second-order valence-corrected chi connectivity index (χ2v) is 8.52. The van der Waals surface area contributed by atoms with Crippen molar-refractivity contribution in [1.29, 1.82) is 0 Å². The number of likely N-dealkylation sites (tertiary alicyclic amines) is 1. The second kappa shape index (κ2) is 10.4. The van der Waals surface area contributed by atoms with Gasteiger partial charge in [-0.25, -0.2) is 9.78 Å². The standard InChI is InChI=1S/C22H27N3O5S/c1-14-13-31-22(23-14)24-19(26)11-30-21(28)17-7-9-18(10-8-17)29-12-20(27)25-15(2)5-4-6-16(25)3/h7-10,13,15-16H,4-6,11-12H2,1-3H3,(H,23,24,26). The van der Waals surface area contributed by atoms with Crippen molar-refractivity contribution in [3.63, 3.8) is 0 Å². The molecule has 2 amide bonds. The van der Waals surface area contributed by atoms with Gasteiger partial charge in [-0.15, -0.1) is 11.3 Å². The van der Waals surface area contributed by atoms with Crippen molar-refractivity contribution in [2.45, 2.75) is 52.1 Å². The van der Waals surface area contributed by atoms with Gasteiger partial charge in [-0.05, 0) is 64.3 Å². The maximum atomic E-state index is 12.5. The highest BCUT2D eigenvalue weighted by atomic mass is 32.1. The van der Waals surface area contributed by atoms with Crippen molar-refractivity contribution >= 4 is 34.3 Å². The van der Waals surface area contributed by atoms with Crippen LogP contribution in [-0.4, -0.2) is 53.0 Å². The van der Waals surface area contributed by atoms with Crippen LogP contribution in [0.2, 0.25) is 0 Å². The average molecular weight is 446 g/mol. The van der Waals surface area contributed by atoms with Crippen molar-refractivity contribution < 1.29 is 23.9 Å². The van der Waals surface area contributed by atoms with Crippen LogP contribution in [0.3, 0.4) is 0 Å². The first-order valence-electron chi connectivity index (χ1n) is 10.3. The molecule has 0 bridgehead atoms. The number of esters is 1. The van der Waals surface area contributed by atoms with E-state index in [1.165, 1.54) is 23.5 Å². The van der Waals surface area contributed by atoms with Gasteiger partial charge in [-0.3, -0.25) is 14.9 Å². The number of hydrogen-bond acceptors (Lipinski definition) is 7. The fraction of sp³-hybridized carbons (Fsp3) is 0.455. The zero-order chi connectivity index (χ0) is 22.4. The number of ether oxygens (including phenoxy) is 2. The number of rotatable bonds is 7. The van der Waals surface area contributed by atoms with Crippen LogP contribution in [0.1, 0.15) is 49.2 Å². The summed E-state index contributed by atoms with van der Waals surface area (Å²) in [6, 6.07) is 6.71. The molecular formula is C22H27N3O5S. The van der Waals surface area contributed by atoms with Crippen LogP contribution in [0.5, 0.6) is 5.75 Å². The molecule has 0 aliphatic carbocycles. The molecule has 2 atom stereocenters. The van der Waals surface area contributed by atoms with Gasteiger partial charge >= 0.3 is 5.97 Å². The van der Waals surface area contributed by atoms with E-state index in [-0.39, 0.29) is 30.2 Å². The molecule has 1 aromatic heterocycles. The molecule has 0 saturated carbocycles. The number of carbonyl (C=O) groups is 3.